The molecule has 0 radical (unpaired) electrons. The summed E-state index contributed by atoms with van der Waals surface area (Å²) in [6, 6.07) is 0. The quantitative estimate of drug-likeness (QED) is 0.663. The summed E-state index contributed by atoms with van der Waals surface area (Å²) in [6.45, 7) is 5.22. The molecule has 0 aromatic carbocycles. The van der Waals surface area contributed by atoms with E-state index in [1.54, 1.807) is 0 Å². The van der Waals surface area contributed by atoms with E-state index in [-0.39, 0.29) is 35.5 Å². The summed E-state index contributed by atoms with van der Waals surface area (Å²) in [5, 5.41) is 0. The van der Waals surface area contributed by atoms with Gasteiger partial charge < -0.3 is 19.4 Å². The number of methoxy groups -OCH3 is 1. The SMILES string of the molecule is COC(=O)CCC(=O)N1CCC2(CC1)CC[C@@]1(C(=O)N3CCCC3)CN(C)C[C@H]21. The summed E-state index contributed by atoms with van der Waals surface area (Å²) in [5.74, 6) is 0.520. The molecule has 1 aliphatic carbocycles. The van der Waals surface area contributed by atoms with Gasteiger partial charge in [-0.05, 0) is 56.9 Å². The predicted octanol–water partition coefficient (Wildman–Crippen LogP) is 1.51. The molecule has 0 aromatic heterocycles. The fourth-order valence-corrected chi connectivity index (χ4v) is 6.65. The van der Waals surface area contributed by atoms with Crippen LogP contribution < -0.4 is 0 Å². The van der Waals surface area contributed by atoms with E-state index in [1.165, 1.54) is 7.11 Å². The third-order valence-corrected chi connectivity index (χ3v) is 8.22. The van der Waals surface area contributed by atoms with Gasteiger partial charge in [0.15, 0.2) is 0 Å². The van der Waals surface area contributed by atoms with Crippen LogP contribution in [-0.2, 0) is 19.1 Å². The van der Waals surface area contributed by atoms with Crippen molar-refractivity contribution in [1.82, 2.24) is 14.7 Å². The van der Waals surface area contributed by atoms with Crippen molar-refractivity contribution in [3.05, 3.63) is 0 Å². The van der Waals surface area contributed by atoms with Gasteiger partial charge in [0.1, 0.15) is 0 Å². The number of likely N-dealkylation sites (tertiary alicyclic amines) is 3. The van der Waals surface area contributed by atoms with Gasteiger partial charge in [0.25, 0.3) is 0 Å². The van der Waals surface area contributed by atoms with Gasteiger partial charge in [-0.3, -0.25) is 14.4 Å². The lowest BCUT2D eigenvalue weighted by atomic mass is 9.65. The molecule has 3 aliphatic heterocycles. The van der Waals surface area contributed by atoms with Gasteiger partial charge >= 0.3 is 5.97 Å². The first-order valence-electron chi connectivity index (χ1n) is 11.2. The zero-order chi connectivity index (χ0) is 20.6. The van der Waals surface area contributed by atoms with E-state index >= 15 is 0 Å². The molecule has 162 valence electrons. The highest BCUT2D eigenvalue weighted by molar-refractivity contribution is 5.85. The highest BCUT2D eigenvalue weighted by Gasteiger charge is 2.64. The zero-order valence-corrected chi connectivity index (χ0v) is 18.0. The van der Waals surface area contributed by atoms with Crippen molar-refractivity contribution in [3.8, 4) is 0 Å². The maximum atomic E-state index is 13.6. The number of amides is 2. The van der Waals surface area contributed by atoms with E-state index in [9.17, 15) is 14.4 Å². The van der Waals surface area contributed by atoms with Gasteiger partial charge in [-0.15, -0.1) is 0 Å². The van der Waals surface area contributed by atoms with Gasteiger partial charge in [-0.25, -0.2) is 0 Å². The van der Waals surface area contributed by atoms with Crippen molar-refractivity contribution in [2.75, 3.05) is 53.4 Å². The third-order valence-electron chi connectivity index (χ3n) is 8.22. The summed E-state index contributed by atoms with van der Waals surface area (Å²) in [6.07, 6.45) is 6.70. The summed E-state index contributed by atoms with van der Waals surface area (Å²) in [4.78, 5) is 43.8. The number of piperidine rings is 1. The molecule has 2 amide bonds. The Morgan fingerprint density at radius 3 is 2.28 bits per heavy atom. The first-order chi connectivity index (χ1) is 13.9. The van der Waals surface area contributed by atoms with Crippen molar-refractivity contribution >= 4 is 17.8 Å². The molecular formula is C22H35N3O4. The van der Waals surface area contributed by atoms with Crippen molar-refractivity contribution in [2.45, 2.75) is 51.4 Å². The van der Waals surface area contributed by atoms with Gasteiger partial charge in [0.2, 0.25) is 11.8 Å². The molecule has 4 rings (SSSR count). The van der Waals surface area contributed by atoms with Crippen LogP contribution in [0.25, 0.3) is 0 Å². The second kappa shape index (κ2) is 7.89. The minimum atomic E-state index is -0.332. The molecule has 29 heavy (non-hydrogen) atoms. The second-order valence-electron chi connectivity index (χ2n) is 9.72. The molecule has 1 saturated carbocycles. The Bertz CT molecular complexity index is 667. The normalized spacial score (nSPS) is 31.3. The number of hydrogen-bond acceptors (Lipinski definition) is 5. The van der Waals surface area contributed by atoms with Crippen LogP contribution in [0, 0.1) is 16.7 Å². The Balaban J connectivity index is 1.43. The average molecular weight is 406 g/mol. The van der Waals surface area contributed by atoms with Crippen LogP contribution in [0.15, 0.2) is 0 Å². The average Bonchev–Trinajstić information content (AvgIpc) is 3.44. The van der Waals surface area contributed by atoms with Crippen molar-refractivity contribution in [2.24, 2.45) is 16.7 Å². The van der Waals surface area contributed by atoms with E-state index in [4.69, 9.17) is 0 Å². The van der Waals surface area contributed by atoms with Crippen LogP contribution in [0.4, 0.5) is 0 Å². The number of hydrogen-bond donors (Lipinski definition) is 0. The number of ether oxygens (including phenoxy) is 1. The molecule has 7 nitrogen and oxygen atoms in total. The van der Waals surface area contributed by atoms with Gasteiger partial charge in [0.05, 0.1) is 18.9 Å². The molecule has 3 heterocycles. The molecule has 0 unspecified atom stereocenters. The highest BCUT2D eigenvalue weighted by atomic mass is 16.5. The molecule has 0 N–H and O–H groups in total. The van der Waals surface area contributed by atoms with E-state index in [2.05, 4.69) is 21.6 Å². The summed E-state index contributed by atoms with van der Waals surface area (Å²) >= 11 is 0. The number of esters is 1. The van der Waals surface area contributed by atoms with E-state index < -0.39 is 0 Å². The standard InChI is InChI=1S/C22H35N3O4/c1-23-15-17-21(7-8-22(17,16-23)20(28)25-11-3-4-12-25)9-13-24(14-10-21)18(26)5-6-19(27)29-2/h17H,3-16H2,1-2H3/t17-,22-/m1/s1. The summed E-state index contributed by atoms with van der Waals surface area (Å²) < 4.78 is 4.65. The maximum Gasteiger partial charge on any atom is 0.306 e. The molecular weight excluding hydrogens is 370 g/mol. The number of fused-ring (bicyclic) bond motifs is 2. The fourth-order valence-electron chi connectivity index (χ4n) is 6.65. The Labute approximate surface area is 173 Å². The molecule has 4 aliphatic rings. The number of carbonyl (C=O) groups is 3. The minimum absolute atomic E-state index is 0.0474. The minimum Gasteiger partial charge on any atom is -0.469 e. The summed E-state index contributed by atoms with van der Waals surface area (Å²) in [5.41, 5.74) is -0.0323. The highest BCUT2D eigenvalue weighted by Crippen LogP contribution is 2.62. The van der Waals surface area contributed by atoms with Crippen molar-refractivity contribution < 1.29 is 19.1 Å². The van der Waals surface area contributed by atoms with Crippen molar-refractivity contribution in [3.63, 3.8) is 0 Å². The lowest BCUT2D eigenvalue weighted by molar-refractivity contribution is -0.145. The predicted molar refractivity (Wildman–Crippen MR) is 108 cm³/mol. The number of rotatable bonds is 4. The molecule has 4 fully saturated rings. The Morgan fingerprint density at radius 1 is 0.931 bits per heavy atom. The van der Waals surface area contributed by atoms with E-state index in [0.29, 0.717) is 11.8 Å². The maximum absolute atomic E-state index is 13.6. The zero-order valence-electron chi connectivity index (χ0n) is 18.0. The fraction of sp³-hybridized carbons (Fsp3) is 0.864. The summed E-state index contributed by atoms with van der Waals surface area (Å²) in [7, 11) is 3.50. The monoisotopic (exact) mass is 405 g/mol. The number of nitrogens with zero attached hydrogens (tertiary/aromatic N) is 3. The Morgan fingerprint density at radius 2 is 1.62 bits per heavy atom. The van der Waals surface area contributed by atoms with Crippen LogP contribution >= 0.6 is 0 Å². The van der Waals surface area contributed by atoms with Crippen LogP contribution in [0.3, 0.4) is 0 Å². The lowest BCUT2D eigenvalue weighted by Gasteiger charge is -2.45. The molecule has 3 saturated heterocycles. The molecule has 0 aromatic rings. The first-order valence-corrected chi connectivity index (χ1v) is 11.2. The van der Waals surface area contributed by atoms with Crippen LogP contribution in [0.2, 0.25) is 0 Å². The molecule has 0 bridgehead atoms. The molecule has 7 heteroatoms. The van der Waals surface area contributed by atoms with Gasteiger partial charge in [-0.1, -0.05) is 0 Å². The molecule has 1 spiro atoms. The van der Waals surface area contributed by atoms with Crippen LogP contribution in [0.5, 0.6) is 0 Å². The smallest absolute Gasteiger partial charge is 0.306 e. The van der Waals surface area contributed by atoms with Crippen molar-refractivity contribution in [1.29, 1.82) is 0 Å². The van der Waals surface area contributed by atoms with Gasteiger partial charge in [-0.2, -0.15) is 0 Å². The van der Waals surface area contributed by atoms with Crippen LogP contribution in [0.1, 0.15) is 51.4 Å². The topological polar surface area (TPSA) is 70.2 Å². The first kappa shape index (κ1) is 20.6. The largest absolute Gasteiger partial charge is 0.469 e. The Hall–Kier alpha value is -1.63. The second-order valence-corrected chi connectivity index (χ2v) is 9.72. The lowest BCUT2D eigenvalue weighted by Crippen LogP contribution is -2.50. The third kappa shape index (κ3) is 3.56. The molecule has 2 atom stereocenters. The number of carbonyl (C=O) groups excluding carboxylic acids is 3. The van der Waals surface area contributed by atoms with Crippen LogP contribution in [-0.4, -0.2) is 85.9 Å². The Kier molecular flexibility index (Phi) is 5.62. The van der Waals surface area contributed by atoms with Gasteiger partial charge in [0, 0.05) is 45.7 Å². The van der Waals surface area contributed by atoms with E-state index in [1.807, 2.05) is 4.90 Å². The van der Waals surface area contributed by atoms with E-state index in [0.717, 1.165) is 77.8 Å².